The Morgan fingerprint density at radius 2 is 2.18 bits per heavy atom. The summed E-state index contributed by atoms with van der Waals surface area (Å²) in [6.07, 6.45) is 4.87. The van der Waals surface area contributed by atoms with Crippen LogP contribution in [0.2, 0.25) is 0 Å². The molecule has 1 amide bonds. The molecular weight excluding hydrogens is 238 g/mol. The smallest absolute Gasteiger partial charge is 0.265 e. The number of hydrogen-bond acceptors (Lipinski definition) is 5. The predicted octanol–water partition coefficient (Wildman–Crippen LogP) is 0.583. The highest BCUT2D eigenvalue weighted by atomic mass is 32.2. The predicted molar refractivity (Wildman–Crippen MR) is 69.7 cm³/mol. The number of rotatable bonds is 5. The molecule has 0 spiro atoms. The molecule has 0 unspecified atom stereocenters. The van der Waals surface area contributed by atoms with E-state index in [2.05, 4.69) is 16.3 Å². The van der Waals surface area contributed by atoms with Crippen LogP contribution in [0.3, 0.4) is 0 Å². The summed E-state index contributed by atoms with van der Waals surface area (Å²) in [5.41, 5.74) is 2.56. The van der Waals surface area contributed by atoms with Crippen LogP contribution < -0.4 is 11.3 Å². The molecule has 1 fully saturated rings. The molecule has 0 bridgehead atoms. The van der Waals surface area contributed by atoms with Crippen LogP contribution >= 0.6 is 11.9 Å². The van der Waals surface area contributed by atoms with E-state index in [1.807, 2.05) is 5.41 Å². The van der Waals surface area contributed by atoms with Crippen LogP contribution in [0.25, 0.3) is 0 Å². The van der Waals surface area contributed by atoms with Crippen molar-refractivity contribution >= 4 is 17.9 Å². The fourth-order valence-corrected chi connectivity index (χ4v) is 2.00. The van der Waals surface area contributed by atoms with Crippen LogP contribution in [0.1, 0.15) is 0 Å². The van der Waals surface area contributed by atoms with E-state index in [-0.39, 0.29) is 5.91 Å². The van der Waals surface area contributed by atoms with Gasteiger partial charge in [0.2, 0.25) is 0 Å². The maximum atomic E-state index is 11.3. The number of nitrogens with two attached hydrogens (primary N) is 1. The lowest BCUT2D eigenvalue weighted by molar-refractivity contribution is -0.117. The maximum Gasteiger partial charge on any atom is 0.265 e. The van der Waals surface area contributed by atoms with E-state index in [0.717, 1.165) is 26.3 Å². The normalized spacial score (nSPS) is 18.3. The van der Waals surface area contributed by atoms with Crippen LogP contribution in [0, 0.1) is 0 Å². The molecule has 3 N–H and O–H groups in total. The van der Waals surface area contributed by atoms with Crippen LogP contribution in [0.5, 0.6) is 0 Å². The number of nitrogens with zero attached hydrogens (tertiary/aromatic N) is 1. The average molecular weight is 255 g/mol. The van der Waals surface area contributed by atoms with Crippen molar-refractivity contribution in [3.05, 3.63) is 35.8 Å². The van der Waals surface area contributed by atoms with Crippen LogP contribution in [0.4, 0.5) is 0 Å². The fraction of sp³-hybridized carbons (Fsp3) is 0.364. The number of amides is 1. The highest BCUT2D eigenvalue weighted by Gasteiger charge is 2.09. The van der Waals surface area contributed by atoms with Crippen molar-refractivity contribution < 1.29 is 9.53 Å². The first-order valence-corrected chi connectivity index (χ1v) is 6.11. The Labute approximate surface area is 105 Å². The Bertz CT molecular complexity index is 323. The van der Waals surface area contributed by atoms with Crippen LogP contribution in [0.15, 0.2) is 35.8 Å². The lowest BCUT2D eigenvalue weighted by Crippen LogP contribution is -2.31. The van der Waals surface area contributed by atoms with Crippen molar-refractivity contribution in [2.75, 3.05) is 26.3 Å². The van der Waals surface area contributed by atoms with Crippen molar-refractivity contribution in [3.63, 3.8) is 0 Å². The molecule has 0 aromatic carbocycles. The van der Waals surface area contributed by atoms with E-state index in [0.29, 0.717) is 5.57 Å². The zero-order valence-electron chi connectivity index (χ0n) is 9.59. The Morgan fingerprint density at radius 3 is 2.76 bits per heavy atom. The topological polar surface area (TPSA) is 67.6 Å². The number of morpholine rings is 1. The van der Waals surface area contributed by atoms with Gasteiger partial charge in [-0.15, -0.1) is 0 Å². The highest BCUT2D eigenvalue weighted by molar-refractivity contribution is 7.99. The molecule has 6 heteroatoms. The molecule has 0 atom stereocenters. The number of allylic oxidation sites excluding steroid dienone is 2. The first-order valence-electron chi connectivity index (χ1n) is 5.27. The molecule has 0 radical (unpaired) electrons. The van der Waals surface area contributed by atoms with E-state index in [9.17, 15) is 4.79 Å². The second kappa shape index (κ2) is 8.08. The number of carbonyl (C=O) groups excluding carboxylic acids is 1. The van der Waals surface area contributed by atoms with Crippen molar-refractivity contribution in [3.8, 4) is 0 Å². The van der Waals surface area contributed by atoms with Gasteiger partial charge in [-0.1, -0.05) is 24.6 Å². The van der Waals surface area contributed by atoms with Gasteiger partial charge in [-0.25, -0.2) is 10.1 Å². The van der Waals surface area contributed by atoms with E-state index in [4.69, 9.17) is 10.6 Å². The maximum absolute atomic E-state index is 11.3. The molecule has 0 aliphatic carbocycles. The number of hydrogen-bond donors (Lipinski definition) is 2. The second-order valence-corrected chi connectivity index (χ2v) is 4.28. The summed E-state index contributed by atoms with van der Waals surface area (Å²) in [7, 11) is 0. The zero-order chi connectivity index (χ0) is 12.5. The molecule has 0 aromatic rings. The summed E-state index contributed by atoms with van der Waals surface area (Å²) in [6, 6.07) is 0. The van der Waals surface area contributed by atoms with E-state index < -0.39 is 0 Å². The van der Waals surface area contributed by atoms with Crippen molar-refractivity contribution in [2.24, 2.45) is 5.84 Å². The third-order valence-electron chi connectivity index (χ3n) is 2.12. The van der Waals surface area contributed by atoms with Gasteiger partial charge in [0.1, 0.15) is 0 Å². The minimum absolute atomic E-state index is 0.330. The molecule has 5 nitrogen and oxygen atoms in total. The molecule has 1 saturated heterocycles. The summed E-state index contributed by atoms with van der Waals surface area (Å²) >= 11 is 1.56. The molecular formula is C11H17N3O2S. The fourth-order valence-electron chi connectivity index (χ4n) is 1.26. The Balaban J connectivity index is 2.46. The molecule has 1 aliphatic rings. The molecule has 94 valence electrons. The van der Waals surface area contributed by atoms with Gasteiger partial charge in [0.25, 0.3) is 5.91 Å². The number of nitrogens with one attached hydrogen (secondary N) is 1. The largest absolute Gasteiger partial charge is 0.379 e. The molecule has 1 heterocycles. The monoisotopic (exact) mass is 255 g/mol. The number of carbonyl (C=O) groups is 1. The molecule has 1 rings (SSSR count). The first-order chi connectivity index (χ1) is 8.27. The van der Waals surface area contributed by atoms with Crippen LogP contribution in [-0.4, -0.2) is 36.5 Å². The molecule has 17 heavy (non-hydrogen) atoms. The van der Waals surface area contributed by atoms with E-state index >= 15 is 0 Å². The minimum atomic E-state index is -0.330. The lowest BCUT2D eigenvalue weighted by Gasteiger charge is -2.23. The molecule has 1 aliphatic heterocycles. The van der Waals surface area contributed by atoms with Gasteiger partial charge in [0, 0.05) is 18.7 Å². The quantitative estimate of drug-likeness (QED) is 0.188. The lowest BCUT2D eigenvalue weighted by atomic mass is 10.2. The van der Waals surface area contributed by atoms with Gasteiger partial charge < -0.3 is 4.74 Å². The Hall–Kier alpha value is -1.08. The average Bonchev–Trinajstić information content (AvgIpc) is 2.38. The van der Waals surface area contributed by atoms with E-state index in [1.165, 1.54) is 0 Å². The highest BCUT2D eigenvalue weighted by Crippen LogP contribution is 2.14. The zero-order valence-corrected chi connectivity index (χ0v) is 10.4. The molecule has 0 saturated carbocycles. The number of hydrazine groups is 1. The summed E-state index contributed by atoms with van der Waals surface area (Å²) in [4.78, 5) is 11.3. The van der Waals surface area contributed by atoms with Gasteiger partial charge in [-0.05, 0) is 17.6 Å². The van der Waals surface area contributed by atoms with Gasteiger partial charge >= 0.3 is 0 Å². The SMILES string of the molecule is C=C/C=C(\C=C\SN1CCOCC1)C(=O)NN. The van der Waals surface area contributed by atoms with Gasteiger partial charge in [-0.3, -0.25) is 10.2 Å². The number of ether oxygens (including phenoxy) is 1. The van der Waals surface area contributed by atoms with Crippen molar-refractivity contribution in [1.82, 2.24) is 9.73 Å². The van der Waals surface area contributed by atoms with Gasteiger partial charge in [0.15, 0.2) is 0 Å². The summed E-state index contributed by atoms with van der Waals surface area (Å²) in [5.74, 6) is 4.75. The van der Waals surface area contributed by atoms with Crippen LogP contribution in [-0.2, 0) is 9.53 Å². The minimum Gasteiger partial charge on any atom is -0.379 e. The van der Waals surface area contributed by atoms with Crippen molar-refractivity contribution in [2.45, 2.75) is 0 Å². The second-order valence-electron chi connectivity index (χ2n) is 3.28. The van der Waals surface area contributed by atoms with Gasteiger partial charge in [0.05, 0.1) is 13.2 Å². The van der Waals surface area contributed by atoms with E-state index in [1.54, 1.807) is 30.2 Å². The summed E-state index contributed by atoms with van der Waals surface area (Å²) in [5, 5.41) is 1.86. The van der Waals surface area contributed by atoms with Gasteiger partial charge in [-0.2, -0.15) is 0 Å². The first kappa shape index (κ1) is 14.0. The van der Waals surface area contributed by atoms with Crippen molar-refractivity contribution in [1.29, 1.82) is 0 Å². The third kappa shape index (κ3) is 5.18. The molecule has 0 aromatic heterocycles. The Morgan fingerprint density at radius 1 is 1.47 bits per heavy atom. The summed E-state index contributed by atoms with van der Waals surface area (Å²) < 4.78 is 7.41. The standard InChI is InChI=1S/C11H17N3O2S/c1-2-3-10(11(15)13-12)4-9-17-14-5-7-16-8-6-14/h2-4,9H,1,5-8,12H2,(H,13,15)/b9-4+,10-3+. The summed E-state index contributed by atoms with van der Waals surface area (Å²) in [6.45, 7) is 6.82. The third-order valence-corrected chi connectivity index (χ3v) is 3.04. The Kier molecular flexibility index (Phi) is 6.64.